The van der Waals surface area contributed by atoms with Gasteiger partial charge in [-0.05, 0) is 30.2 Å². The van der Waals surface area contributed by atoms with Gasteiger partial charge in [-0.25, -0.2) is 9.18 Å². The molecule has 1 aliphatic heterocycles. The molecular formula is C15H7F4NO3. The van der Waals surface area contributed by atoms with E-state index in [0.29, 0.717) is 6.07 Å². The van der Waals surface area contributed by atoms with Crippen molar-refractivity contribution in [2.24, 2.45) is 0 Å². The number of anilines is 1. The van der Waals surface area contributed by atoms with E-state index in [4.69, 9.17) is 4.42 Å². The first-order valence-electron chi connectivity index (χ1n) is 6.24. The lowest BCUT2D eigenvalue weighted by atomic mass is 9.90. The van der Waals surface area contributed by atoms with Crippen LogP contribution in [0.15, 0.2) is 41.2 Å². The second-order valence-electron chi connectivity index (χ2n) is 4.65. The minimum Gasteiger partial charge on any atom is -0.471 e. The molecule has 118 valence electrons. The normalized spacial score (nSPS) is 19.9. The van der Waals surface area contributed by atoms with Gasteiger partial charge in [-0.15, -0.1) is 0 Å². The summed E-state index contributed by atoms with van der Waals surface area (Å²) in [6, 6.07) is 3.92. The lowest BCUT2D eigenvalue weighted by Crippen LogP contribution is -2.49. The van der Waals surface area contributed by atoms with Gasteiger partial charge in [0.2, 0.25) is 0 Å². The third-order valence-corrected chi connectivity index (χ3v) is 3.15. The van der Waals surface area contributed by atoms with Crippen molar-refractivity contribution >= 4 is 11.8 Å². The number of cyclic esters (lactones) is 1. The van der Waals surface area contributed by atoms with E-state index in [1.807, 2.05) is 5.92 Å². The first-order chi connectivity index (χ1) is 10.8. The van der Waals surface area contributed by atoms with E-state index in [-0.39, 0.29) is 11.3 Å². The number of halogens is 4. The number of alkyl halides is 3. The molecule has 0 bridgehead atoms. The minimum atomic E-state index is -5.08. The molecule has 0 radical (unpaired) electrons. The molecule has 0 saturated heterocycles. The van der Waals surface area contributed by atoms with Gasteiger partial charge in [0.05, 0.1) is 17.5 Å². The van der Waals surface area contributed by atoms with Crippen LogP contribution in [0.1, 0.15) is 11.1 Å². The highest BCUT2D eigenvalue weighted by molar-refractivity contribution is 5.89. The smallest absolute Gasteiger partial charge is 0.445 e. The molecule has 2 aromatic rings. The van der Waals surface area contributed by atoms with Crippen LogP contribution >= 0.6 is 0 Å². The summed E-state index contributed by atoms with van der Waals surface area (Å²) in [7, 11) is 0. The number of benzene rings is 1. The zero-order valence-electron chi connectivity index (χ0n) is 11.2. The van der Waals surface area contributed by atoms with E-state index >= 15 is 0 Å². The molecule has 1 aliphatic rings. The third kappa shape index (κ3) is 2.50. The number of ether oxygens (including phenoxy) is 1. The summed E-state index contributed by atoms with van der Waals surface area (Å²) in [4.78, 5) is 11.5. The molecule has 1 aromatic carbocycles. The second-order valence-corrected chi connectivity index (χ2v) is 4.65. The predicted octanol–water partition coefficient (Wildman–Crippen LogP) is 3.79. The van der Waals surface area contributed by atoms with Gasteiger partial charge in [0.15, 0.2) is 0 Å². The van der Waals surface area contributed by atoms with Crippen LogP contribution in [0.4, 0.5) is 28.0 Å². The van der Waals surface area contributed by atoms with Gasteiger partial charge in [0.25, 0.3) is 5.60 Å². The van der Waals surface area contributed by atoms with Crippen LogP contribution in [0.5, 0.6) is 0 Å². The zero-order chi connectivity index (χ0) is 16.7. The summed E-state index contributed by atoms with van der Waals surface area (Å²) >= 11 is 0. The molecule has 0 saturated carbocycles. The zero-order valence-corrected chi connectivity index (χ0v) is 11.2. The first kappa shape index (κ1) is 15.0. The Bertz CT molecular complexity index is 817. The van der Waals surface area contributed by atoms with Crippen molar-refractivity contribution in [3.63, 3.8) is 0 Å². The number of carbonyl (C=O) groups excluding carboxylic acids is 1. The molecular weight excluding hydrogens is 318 g/mol. The van der Waals surface area contributed by atoms with E-state index in [1.165, 1.54) is 12.3 Å². The maximum absolute atomic E-state index is 13.7. The average molecular weight is 325 g/mol. The van der Waals surface area contributed by atoms with Gasteiger partial charge in [-0.3, -0.25) is 5.32 Å². The fourth-order valence-electron chi connectivity index (χ4n) is 2.12. The summed E-state index contributed by atoms with van der Waals surface area (Å²) in [5.74, 6) is 3.22. The van der Waals surface area contributed by atoms with E-state index < -0.39 is 29.3 Å². The Kier molecular flexibility index (Phi) is 3.29. The van der Waals surface area contributed by atoms with Crippen molar-refractivity contribution in [3.8, 4) is 11.8 Å². The summed E-state index contributed by atoms with van der Waals surface area (Å²) in [5.41, 5.74) is -3.97. The number of rotatable bonds is 0. The maximum atomic E-state index is 13.7. The van der Waals surface area contributed by atoms with Crippen LogP contribution in [-0.2, 0) is 10.3 Å². The van der Waals surface area contributed by atoms with E-state index in [2.05, 4.69) is 16.0 Å². The fourth-order valence-corrected chi connectivity index (χ4v) is 2.12. The monoisotopic (exact) mass is 325 g/mol. The fraction of sp³-hybridized carbons (Fsp3) is 0.133. The van der Waals surface area contributed by atoms with Crippen molar-refractivity contribution in [1.82, 2.24) is 0 Å². The molecule has 1 unspecified atom stereocenters. The van der Waals surface area contributed by atoms with E-state index in [9.17, 15) is 22.4 Å². The Morgan fingerprint density at radius 2 is 2.00 bits per heavy atom. The number of amides is 1. The molecule has 3 rings (SSSR count). The van der Waals surface area contributed by atoms with Gasteiger partial charge in [0, 0.05) is 5.56 Å². The Morgan fingerprint density at radius 1 is 1.22 bits per heavy atom. The summed E-state index contributed by atoms with van der Waals surface area (Å²) in [6.07, 6.45) is -4.05. The summed E-state index contributed by atoms with van der Waals surface area (Å²) in [6.45, 7) is 0. The first-order valence-corrected chi connectivity index (χ1v) is 6.24. The summed E-state index contributed by atoms with van der Waals surface area (Å²) in [5, 5.41) is 2.09. The van der Waals surface area contributed by atoms with Crippen molar-refractivity contribution in [2.45, 2.75) is 11.8 Å². The molecule has 0 aliphatic carbocycles. The lowest BCUT2D eigenvalue weighted by Gasteiger charge is -2.35. The number of furan rings is 1. The topological polar surface area (TPSA) is 51.5 Å². The van der Waals surface area contributed by atoms with Gasteiger partial charge in [0.1, 0.15) is 12.1 Å². The highest BCUT2D eigenvalue weighted by Gasteiger charge is 2.62. The molecule has 1 aromatic heterocycles. The minimum absolute atomic E-state index is 0.154. The Labute approximate surface area is 127 Å². The van der Waals surface area contributed by atoms with Crippen LogP contribution < -0.4 is 5.32 Å². The van der Waals surface area contributed by atoms with Gasteiger partial charge in [-0.2, -0.15) is 13.2 Å². The Morgan fingerprint density at radius 3 is 2.65 bits per heavy atom. The van der Waals surface area contributed by atoms with Crippen LogP contribution in [0.3, 0.4) is 0 Å². The average Bonchev–Trinajstić information content (AvgIpc) is 2.97. The van der Waals surface area contributed by atoms with Crippen LogP contribution in [0, 0.1) is 17.7 Å². The van der Waals surface area contributed by atoms with E-state index in [1.54, 1.807) is 0 Å². The quantitative estimate of drug-likeness (QED) is 0.592. The molecule has 0 spiro atoms. The summed E-state index contributed by atoms with van der Waals surface area (Å²) < 4.78 is 63.6. The van der Waals surface area contributed by atoms with Crippen molar-refractivity contribution in [3.05, 3.63) is 53.7 Å². The standard InChI is InChI=1S/C15H7F4NO3/c16-10-1-2-12-11(7-10)14(15(17,18)19,23-13(21)20-12)5-3-9-4-6-22-8-9/h1-2,4,6-8H,(H,20,21). The van der Waals surface area contributed by atoms with Crippen molar-refractivity contribution in [1.29, 1.82) is 0 Å². The van der Waals surface area contributed by atoms with Gasteiger partial charge < -0.3 is 9.15 Å². The van der Waals surface area contributed by atoms with Gasteiger partial charge >= 0.3 is 12.3 Å². The molecule has 2 heterocycles. The third-order valence-electron chi connectivity index (χ3n) is 3.15. The largest absolute Gasteiger partial charge is 0.471 e. The molecule has 8 heteroatoms. The number of hydrogen-bond donors (Lipinski definition) is 1. The number of hydrogen-bond acceptors (Lipinski definition) is 3. The number of carbonyl (C=O) groups is 1. The molecule has 1 atom stereocenters. The Hall–Kier alpha value is -2.95. The highest BCUT2D eigenvalue weighted by atomic mass is 19.4. The SMILES string of the molecule is O=C1Nc2ccc(F)cc2C(C#Cc2ccoc2)(C(F)(F)F)O1. The van der Waals surface area contributed by atoms with E-state index in [0.717, 1.165) is 18.4 Å². The second kappa shape index (κ2) is 5.05. The number of nitrogens with one attached hydrogen (secondary N) is 1. The predicted molar refractivity (Wildman–Crippen MR) is 69.8 cm³/mol. The lowest BCUT2D eigenvalue weighted by molar-refractivity contribution is -0.239. The van der Waals surface area contributed by atoms with Gasteiger partial charge in [-0.1, -0.05) is 5.92 Å². The van der Waals surface area contributed by atoms with Crippen molar-refractivity contribution < 1.29 is 31.5 Å². The van der Waals surface area contributed by atoms with Crippen molar-refractivity contribution in [2.75, 3.05) is 5.32 Å². The Balaban J connectivity index is 2.25. The van der Waals surface area contributed by atoms with Crippen LogP contribution in [0.2, 0.25) is 0 Å². The molecule has 4 nitrogen and oxygen atoms in total. The molecule has 1 amide bonds. The van der Waals surface area contributed by atoms with Crippen LogP contribution in [-0.4, -0.2) is 12.3 Å². The molecule has 23 heavy (non-hydrogen) atoms. The van der Waals surface area contributed by atoms with Crippen LogP contribution in [0.25, 0.3) is 0 Å². The number of fused-ring (bicyclic) bond motifs is 1. The maximum Gasteiger partial charge on any atom is 0.445 e. The highest BCUT2D eigenvalue weighted by Crippen LogP contribution is 2.47. The molecule has 1 N–H and O–H groups in total. The molecule has 0 fully saturated rings.